The molecule has 0 amide bonds. The van der Waals surface area contributed by atoms with E-state index >= 15 is 0 Å². The van der Waals surface area contributed by atoms with Crippen LogP contribution in [-0.2, 0) is 5.41 Å². The fraction of sp³-hybridized carbons (Fsp3) is 0.190. The van der Waals surface area contributed by atoms with Gasteiger partial charge in [-0.3, -0.25) is 0 Å². The Morgan fingerprint density at radius 2 is 1.80 bits per heavy atom. The van der Waals surface area contributed by atoms with Gasteiger partial charge in [0.25, 0.3) is 0 Å². The van der Waals surface area contributed by atoms with E-state index in [1.807, 2.05) is 60.3 Å². The maximum atomic E-state index is 6.04. The standard InChI is InChI=1S/C21H18N2O2/c1-14-19-20(23(22-14)16-8-4-3-5-9-16)25-13-15-12-24-18-11-7-6-10-17(18)21(15,19)2/h3-11,13H,12H2,1-2H3. The predicted molar refractivity (Wildman–Crippen MR) is 95.4 cm³/mol. The van der Waals surface area contributed by atoms with Gasteiger partial charge in [-0.15, -0.1) is 0 Å². The Labute approximate surface area is 146 Å². The van der Waals surface area contributed by atoms with E-state index in [4.69, 9.17) is 14.6 Å². The highest BCUT2D eigenvalue weighted by Crippen LogP contribution is 2.52. The lowest BCUT2D eigenvalue weighted by Gasteiger charge is -2.40. The van der Waals surface area contributed by atoms with Crippen molar-refractivity contribution in [2.45, 2.75) is 19.3 Å². The van der Waals surface area contributed by atoms with Crippen molar-refractivity contribution in [1.29, 1.82) is 0 Å². The van der Waals surface area contributed by atoms with Gasteiger partial charge in [0, 0.05) is 11.1 Å². The molecule has 0 saturated heterocycles. The summed E-state index contributed by atoms with van der Waals surface area (Å²) in [7, 11) is 0. The summed E-state index contributed by atoms with van der Waals surface area (Å²) in [5.41, 5.74) is 5.07. The van der Waals surface area contributed by atoms with E-state index in [-0.39, 0.29) is 5.41 Å². The molecule has 2 aromatic carbocycles. The van der Waals surface area contributed by atoms with E-state index in [2.05, 4.69) is 19.1 Å². The number of hydrogen-bond donors (Lipinski definition) is 0. The largest absolute Gasteiger partial charge is 0.489 e. The number of para-hydroxylation sites is 2. The van der Waals surface area contributed by atoms with Crippen molar-refractivity contribution in [1.82, 2.24) is 9.78 Å². The third-order valence-corrected chi connectivity index (χ3v) is 5.28. The Morgan fingerprint density at radius 3 is 2.64 bits per heavy atom. The van der Waals surface area contributed by atoms with Gasteiger partial charge in [-0.2, -0.15) is 5.10 Å². The van der Waals surface area contributed by atoms with E-state index in [0.29, 0.717) is 6.61 Å². The zero-order valence-electron chi connectivity index (χ0n) is 14.2. The molecule has 1 aromatic heterocycles. The van der Waals surface area contributed by atoms with E-state index in [0.717, 1.165) is 39.7 Å². The Morgan fingerprint density at radius 1 is 1.04 bits per heavy atom. The third kappa shape index (κ3) is 1.85. The van der Waals surface area contributed by atoms with Gasteiger partial charge in [-0.1, -0.05) is 36.4 Å². The van der Waals surface area contributed by atoms with Gasteiger partial charge in [0.2, 0.25) is 5.88 Å². The first-order valence-electron chi connectivity index (χ1n) is 8.43. The summed E-state index contributed by atoms with van der Waals surface area (Å²) in [5, 5.41) is 4.79. The highest BCUT2D eigenvalue weighted by atomic mass is 16.5. The Kier molecular flexibility index (Phi) is 2.86. The first kappa shape index (κ1) is 14.3. The molecule has 3 heterocycles. The summed E-state index contributed by atoms with van der Waals surface area (Å²) < 4.78 is 13.9. The number of nitrogens with zero attached hydrogens (tertiary/aromatic N) is 2. The Balaban J connectivity index is 1.79. The van der Waals surface area contributed by atoms with Crippen LogP contribution >= 0.6 is 0 Å². The van der Waals surface area contributed by atoms with Crippen molar-refractivity contribution in [3.63, 3.8) is 0 Å². The van der Waals surface area contributed by atoms with Crippen molar-refractivity contribution in [3.05, 3.63) is 83.3 Å². The van der Waals surface area contributed by atoms with E-state index in [9.17, 15) is 0 Å². The van der Waals surface area contributed by atoms with Crippen LogP contribution in [-0.4, -0.2) is 16.4 Å². The average Bonchev–Trinajstić information content (AvgIpc) is 3.00. The van der Waals surface area contributed by atoms with Crippen molar-refractivity contribution in [3.8, 4) is 17.3 Å². The molecule has 124 valence electrons. The van der Waals surface area contributed by atoms with Gasteiger partial charge in [0.05, 0.1) is 28.6 Å². The molecule has 0 bridgehead atoms. The normalized spacial score (nSPS) is 20.5. The second kappa shape index (κ2) is 4.99. The Bertz CT molecular complexity index is 1000. The van der Waals surface area contributed by atoms with Crippen LogP contribution in [0, 0.1) is 6.92 Å². The first-order valence-corrected chi connectivity index (χ1v) is 8.43. The van der Waals surface area contributed by atoms with E-state index in [1.54, 1.807) is 0 Å². The molecule has 0 N–H and O–H groups in total. The molecule has 4 nitrogen and oxygen atoms in total. The van der Waals surface area contributed by atoms with Crippen LogP contribution in [0.1, 0.15) is 23.7 Å². The topological polar surface area (TPSA) is 36.3 Å². The van der Waals surface area contributed by atoms with Gasteiger partial charge in [-0.25, -0.2) is 4.68 Å². The fourth-order valence-corrected chi connectivity index (χ4v) is 3.99. The first-order chi connectivity index (χ1) is 12.2. The summed E-state index contributed by atoms with van der Waals surface area (Å²) >= 11 is 0. The van der Waals surface area contributed by atoms with Crippen molar-refractivity contribution in [2.24, 2.45) is 0 Å². The maximum Gasteiger partial charge on any atom is 0.226 e. The lowest BCUT2D eigenvalue weighted by atomic mass is 9.69. The van der Waals surface area contributed by atoms with Crippen LogP contribution in [0.3, 0.4) is 0 Å². The minimum Gasteiger partial charge on any atom is -0.489 e. The maximum absolute atomic E-state index is 6.04. The second-order valence-corrected chi connectivity index (χ2v) is 6.68. The molecule has 1 atom stereocenters. The second-order valence-electron chi connectivity index (χ2n) is 6.68. The number of rotatable bonds is 1. The number of fused-ring (bicyclic) bond motifs is 5. The minimum absolute atomic E-state index is 0.292. The number of hydrogen-bond acceptors (Lipinski definition) is 3. The predicted octanol–water partition coefficient (Wildman–Crippen LogP) is 4.16. The van der Waals surface area contributed by atoms with Crippen LogP contribution in [0.15, 0.2) is 66.4 Å². The van der Waals surface area contributed by atoms with E-state index < -0.39 is 0 Å². The zero-order chi connectivity index (χ0) is 17.0. The Hall–Kier alpha value is -3.01. The SMILES string of the molecule is Cc1nn(-c2ccccc2)c2c1C1(C)C(=CO2)COc2ccccc21. The highest BCUT2D eigenvalue weighted by molar-refractivity contribution is 5.62. The number of ether oxygens (including phenoxy) is 2. The summed E-state index contributed by atoms with van der Waals surface area (Å²) in [6.45, 7) is 4.82. The molecule has 25 heavy (non-hydrogen) atoms. The lowest BCUT2D eigenvalue weighted by molar-refractivity contribution is 0.280. The molecule has 0 fully saturated rings. The molecule has 2 aliphatic rings. The number of benzene rings is 2. The van der Waals surface area contributed by atoms with Gasteiger partial charge in [0.1, 0.15) is 12.4 Å². The van der Waals surface area contributed by atoms with E-state index in [1.165, 1.54) is 0 Å². The zero-order valence-corrected chi connectivity index (χ0v) is 14.2. The van der Waals surface area contributed by atoms with Gasteiger partial charge >= 0.3 is 0 Å². The molecule has 4 heteroatoms. The van der Waals surface area contributed by atoms with Crippen molar-refractivity contribution >= 4 is 0 Å². The number of aromatic nitrogens is 2. The van der Waals surface area contributed by atoms with Gasteiger partial charge < -0.3 is 9.47 Å². The summed E-state index contributed by atoms with van der Waals surface area (Å²) in [4.78, 5) is 0. The van der Waals surface area contributed by atoms with Crippen molar-refractivity contribution < 1.29 is 9.47 Å². The van der Waals surface area contributed by atoms with Gasteiger partial charge in [-0.05, 0) is 32.0 Å². The monoisotopic (exact) mass is 330 g/mol. The molecule has 0 aliphatic carbocycles. The fourth-order valence-electron chi connectivity index (χ4n) is 3.99. The van der Waals surface area contributed by atoms with Crippen LogP contribution in [0.5, 0.6) is 11.6 Å². The van der Waals surface area contributed by atoms with Crippen LogP contribution in [0.4, 0.5) is 0 Å². The lowest BCUT2D eigenvalue weighted by Crippen LogP contribution is -2.37. The highest BCUT2D eigenvalue weighted by Gasteiger charge is 2.46. The summed E-state index contributed by atoms with van der Waals surface area (Å²) in [6.07, 6.45) is 1.83. The van der Waals surface area contributed by atoms with Crippen LogP contribution < -0.4 is 9.47 Å². The minimum atomic E-state index is -0.292. The third-order valence-electron chi connectivity index (χ3n) is 5.28. The van der Waals surface area contributed by atoms with Gasteiger partial charge in [0.15, 0.2) is 0 Å². The van der Waals surface area contributed by atoms with Crippen LogP contribution in [0.25, 0.3) is 5.69 Å². The molecular weight excluding hydrogens is 312 g/mol. The van der Waals surface area contributed by atoms with Crippen LogP contribution in [0.2, 0.25) is 0 Å². The molecule has 0 radical (unpaired) electrons. The molecule has 0 spiro atoms. The summed E-state index contributed by atoms with van der Waals surface area (Å²) in [5.74, 6) is 1.72. The van der Waals surface area contributed by atoms with Crippen molar-refractivity contribution in [2.75, 3.05) is 6.61 Å². The number of aryl methyl sites for hydroxylation is 1. The smallest absolute Gasteiger partial charge is 0.226 e. The molecule has 0 saturated carbocycles. The molecule has 2 aliphatic heterocycles. The molecule has 1 unspecified atom stereocenters. The quantitative estimate of drug-likeness (QED) is 0.672. The molecule has 3 aromatic rings. The molecule has 5 rings (SSSR count). The average molecular weight is 330 g/mol. The molecular formula is C21H18N2O2. The summed E-state index contributed by atoms with van der Waals surface area (Å²) in [6, 6.07) is 18.3.